The maximum Gasteiger partial charge on any atom is 0.282 e. The van der Waals surface area contributed by atoms with Crippen LogP contribution < -0.4 is 15.0 Å². The molecule has 0 saturated heterocycles. The van der Waals surface area contributed by atoms with Gasteiger partial charge in [0.2, 0.25) is 11.1 Å². The van der Waals surface area contributed by atoms with Crippen LogP contribution in [0.5, 0.6) is 17.4 Å². The second-order valence-electron chi connectivity index (χ2n) is 7.56. The number of halogens is 2. The van der Waals surface area contributed by atoms with Crippen LogP contribution in [0, 0.1) is 5.82 Å². The lowest BCUT2D eigenvalue weighted by Gasteiger charge is -2.12. The van der Waals surface area contributed by atoms with E-state index in [4.69, 9.17) is 21.1 Å². The highest BCUT2D eigenvalue weighted by Crippen LogP contribution is 2.34. The second-order valence-corrected chi connectivity index (χ2v) is 8.98. The van der Waals surface area contributed by atoms with Crippen molar-refractivity contribution in [1.29, 1.82) is 0 Å². The third-order valence-electron chi connectivity index (χ3n) is 5.35. The summed E-state index contributed by atoms with van der Waals surface area (Å²) >= 11 is 7.34. The molecule has 3 heterocycles. The summed E-state index contributed by atoms with van der Waals surface area (Å²) in [4.78, 5) is 26.9. The van der Waals surface area contributed by atoms with E-state index in [-0.39, 0.29) is 22.5 Å². The van der Waals surface area contributed by atoms with Crippen LogP contribution in [-0.4, -0.2) is 32.4 Å². The third kappa shape index (κ3) is 4.38. The molecule has 8 nitrogen and oxygen atoms in total. The van der Waals surface area contributed by atoms with Gasteiger partial charge in [-0.05, 0) is 73.5 Å². The topological polar surface area (TPSA) is 91.5 Å². The predicted molar refractivity (Wildman–Crippen MR) is 128 cm³/mol. The molecule has 0 bridgehead atoms. The third-order valence-corrected chi connectivity index (χ3v) is 6.73. The molecule has 0 N–H and O–H groups in total. The molecule has 0 amide bonds. The van der Waals surface area contributed by atoms with Crippen LogP contribution >= 0.6 is 22.9 Å². The Labute approximate surface area is 202 Å². The molecule has 0 radical (unpaired) electrons. The average molecular weight is 500 g/mol. The summed E-state index contributed by atoms with van der Waals surface area (Å²) in [6.07, 6.45) is 8.02. The number of ether oxygens (including phenoxy) is 2. The molecular weight excluding hydrogens is 481 g/mol. The Morgan fingerprint density at radius 1 is 1.26 bits per heavy atom. The van der Waals surface area contributed by atoms with Gasteiger partial charge in [0.25, 0.3) is 11.4 Å². The molecule has 4 aromatic rings. The van der Waals surface area contributed by atoms with Crippen molar-refractivity contribution in [2.75, 3.05) is 6.61 Å². The minimum absolute atomic E-state index is 0.138. The van der Waals surface area contributed by atoms with Gasteiger partial charge in [-0.15, -0.1) is 11.3 Å². The lowest BCUT2D eigenvalue weighted by atomic mass is 9.97. The fourth-order valence-corrected chi connectivity index (χ4v) is 5.16. The second kappa shape index (κ2) is 9.47. The van der Waals surface area contributed by atoms with Crippen molar-refractivity contribution >= 4 is 39.4 Å². The van der Waals surface area contributed by atoms with E-state index in [1.165, 1.54) is 22.1 Å². The summed E-state index contributed by atoms with van der Waals surface area (Å²) in [7, 11) is 0. The number of hydrogen-bond acceptors (Lipinski definition) is 8. The minimum atomic E-state index is -0.754. The van der Waals surface area contributed by atoms with Crippen LogP contribution in [0.15, 0.2) is 40.6 Å². The zero-order chi connectivity index (χ0) is 23.7. The van der Waals surface area contributed by atoms with E-state index < -0.39 is 5.82 Å². The minimum Gasteiger partial charge on any atom is -0.490 e. The van der Waals surface area contributed by atoms with Crippen LogP contribution in [-0.2, 0) is 12.8 Å². The van der Waals surface area contributed by atoms with Crippen LogP contribution in [0.25, 0.3) is 10.2 Å². The number of thiophene rings is 1. The first kappa shape index (κ1) is 22.4. The van der Waals surface area contributed by atoms with Gasteiger partial charge in [0, 0.05) is 4.88 Å². The van der Waals surface area contributed by atoms with Crippen LogP contribution in [0.3, 0.4) is 0 Å². The monoisotopic (exact) mass is 499 g/mol. The zero-order valence-electron chi connectivity index (χ0n) is 18.1. The van der Waals surface area contributed by atoms with Crippen molar-refractivity contribution in [2.24, 2.45) is 5.10 Å². The molecule has 174 valence electrons. The van der Waals surface area contributed by atoms with Crippen molar-refractivity contribution in [3.63, 3.8) is 0 Å². The number of aryl methyl sites for hydroxylation is 2. The molecule has 3 aromatic heterocycles. The lowest BCUT2D eigenvalue weighted by molar-refractivity contribution is 0.316. The highest BCUT2D eigenvalue weighted by molar-refractivity contribution is 7.18. The molecule has 1 aliphatic rings. The predicted octanol–water partition coefficient (Wildman–Crippen LogP) is 4.99. The maximum absolute atomic E-state index is 14.0. The van der Waals surface area contributed by atoms with E-state index in [0.717, 1.165) is 42.3 Å². The normalized spacial score (nSPS) is 13.4. The summed E-state index contributed by atoms with van der Waals surface area (Å²) in [6.45, 7) is 2.17. The first-order chi connectivity index (χ1) is 16.5. The van der Waals surface area contributed by atoms with E-state index in [0.29, 0.717) is 23.3 Å². The Morgan fingerprint density at radius 3 is 2.97 bits per heavy atom. The van der Waals surface area contributed by atoms with Gasteiger partial charge < -0.3 is 9.47 Å². The average Bonchev–Trinajstić information content (AvgIpc) is 3.22. The van der Waals surface area contributed by atoms with Gasteiger partial charge in [0.05, 0.1) is 24.4 Å². The Balaban J connectivity index is 1.45. The van der Waals surface area contributed by atoms with Crippen molar-refractivity contribution in [3.05, 3.63) is 68.2 Å². The van der Waals surface area contributed by atoms with E-state index in [1.807, 2.05) is 6.92 Å². The van der Waals surface area contributed by atoms with Gasteiger partial charge in [-0.2, -0.15) is 19.2 Å². The molecule has 0 atom stereocenters. The SMILES string of the molecule is CCOc1cc(/C=N/n2cnc3sc4c(c3c2=O)CCCC4)ccc1Oc1nc(Cl)ncc1F. The molecule has 5 rings (SSSR count). The molecule has 1 aliphatic carbocycles. The van der Waals surface area contributed by atoms with Crippen molar-refractivity contribution in [2.45, 2.75) is 32.6 Å². The molecule has 0 fully saturated rings. The Hall–Kier alpha value is -3.37. The van der Waals surface area contributed by atoms with Crippen molar-refractivity contribution < 1.29 is 13.9 Å². The smallest absolute Gasteiger partial charge is 0.282 e. The van der Waals surface area contributed by atoms with Gasteiger partial charge in [0.1, 0.15) is 11.2 Å². The number of nitrogens with zero attached hydrogens (tertiary/aromatic N) is 5. The Morgan fingerprint density at radius 2 is 2.12 bits per heavy atom. The zero-order valence-corrected chi connectivity index (χ0v) is 19.7. The first-order valence-corrected chi connectivity index (χ1v) is 11.9. The van der Waals surface area contributed by atoms with E-state index in [2.05, 4.69) is 20.1 Å². The highest BCUT2D eigenvalue weighted by atomic mass is 35.5. The fraction of sp³-hybridized carbons (Fsp3) is 0.261. The van der Waals surface area contributed by atoms with Gasteiger partial charge in [0.15, 0.2) is 11.5 Å². The number of benzene rings is 1. The molecule has 0 spiro atoms. The molecule has 0 unspecified atom stereocenters. The summed E-state index contributed by atoms with van der Waals surface area (Å²) in [5, 5.41) is 4.85. The molecule has 0 aliphatic heterocycles. The molecule has 34 heavy (non-hydrogen) atoms. The number of aromatic nitrogens is 4. The molecule has 11 heteroatoms. The van der Waals surface area contributed by atoms with Crippen LogP contribution in [0.4, 0.5) is 4.39 Å². The van der Waals surface area contributed by atoms with Gasteiger partial charge in [-0.3, -0.25) is 4.79 Å². The summed E-state index contributed by atoms with van der Waals surface area (Å²) in [6, 6.07) is 4.97. The largest absolute Gasteiger partial charge is 0.490 e. The standard InChI is InChI=1S/C23H19ClFN5O3S/c1-2-32-17-9-13(7-8-16(17)33-20-15(25)11-26-23(24)29-20)10-28-30-12-27-21-19(22(30)31)14-5-3-4-6-18(14)34-21/h7-12H,2-6H2,1H3/b28-10+. The summed E-state index contributed by atoms with van der Waals surface area (Å²) < 4.78 is 26.4. The Bertz CT molecular complexity index is 1470. The van der Waals surface area contributed by atoms with E-state index in [9.17, 15) is 9.18 Å². The van der Waals surface area contributed by atoms with E-state index >= 15 is 0 Å². The quantitative estimate of drug-likeness (QED) is 0.274. The van der Waals surface area contributed by atoms with Crippen molar-refractivity contribution in [3.8, 4) is 17.4 Å². The lowest BCUT2D eigenvalue weighted by Crippen LogP contribution is -2.18. The number of hydrogen-bond donors (Lipinski definition) is 0. The first-order valence-electron chi connectivity index (χ1n) is 10.7. The molecular formula is C23H19ClFN5O3S. The van der Waals surface area contributed by atoms with Crippen LogP contribution in [0.1, 0.15) is 35.8 Å². The fourth-order valence-electron chi connectivity index (χ4n) is 3.81. The van der Waals surface area contributed by atoms with E-state index in [1.54, 1.807) is 29.5 Å². The van der Waals surface area contributed by atoms with Gasteiger partial charge >= 0.3 is 0 Å². The van der Waals surface area contributed by atoms with Crippen molar-refractivity contribution in [1.82, 2.24) is 19.6 Å². The van der Waals surface area contributed by atoms with Gasteiger partial charge in [-0.1, -0.05) is 0 Å². The Kier molecular flexibility index (Phi) is 6.25. The summed E-state index contributed by atoms with van der Waals surface area (Å²) in [5.74, 6) is -0.464. The molecule has 1 aromatic carbocycles. The summed E-state index contributed by atoms with van der Waals surface area (Å²) in [5.41, 5.74) is 1.59. The highest BCUT2D eigenvalue weighted by Gasteiger charge is 2.20. The number of rotatable bonds is 6. The van der Waals surface area contributed by atoms with Gasteiger partial charge in [-0.25, -0.2) is 9.97 Å². The molecule has 0 saturated carbocycles. The van der Waals surface area contributed by atoms with Crippen LogP contribution in [0.2, 0.25) is 5.28 Å². The maximum atomic E-state index is 14.0. The number of fused-ring (bicyclic) bond motifs is 3.